The smallest absolute Gasteiger partial charge is 0.341 e. The lowest BCUT2D eigenvalue weighted by Gasteiger charge is -2.04. The van der Waals surface area contributed by atoms with Crippen molar-refractivity contribution < 1.29 is 23.5 Å². The zero-order chi connectivity index (χ0) is 11.4. The fraction of sp³-hybridized carbons (Fsp3) is 0.111. The van der Waals surface area contributed by atoms with Crippen LogP contribution in [0.5, 0.6) is 0 Å². The van der Waals surface area contributed by atoms with Gasteiger partial charge in [0.25, 0.3) is 0 Å². The Hall–Kier alpha value is -1.98. The average molecular weight is 215 g/mol. The minimum atomic E-state index is -1.67. The lowest BCUT2D eigenvalue weighted by molar-refractivity contribution is -0.109. The highest BCUT2D eigenvalue weighted by Crippen LogP contribution is 2.15. The Kier molecular flexibility index (Phi) is 3.33. The lowest BCUT2D eigenvalue weighted by Crippen LogP contribution is -2.12. The standard InChI is InChI=1S/C9H7F2NO3/c10-6-1-5(3-12-4-13)2-7(11)8(6)9(14)15/h1-2,4H,3H2,(H,12,13)(H,14,15). The summed E-state index contributed by atoms with van der Waals surface area (Å²) < 4.78 is 26.1. The predicted molar refractivity (Wildman–Crippen MR) is 46.2 cm³/mol. The first-order chi connectivity index (χ1) is 7.06. The van der Waals surface area contributed by atoms with Gasteiger partial charge in [-0.2, -0.15) is 0 Å². The molecule has 0 aliphatic rings. The first-order valence-corrected chi connectivity index (χ1v) is 3.94. The molecule has 0 aliphatic carbocycles. The van der Waals surface area contributed by atoms with Gasteiger partial charge in [0.2, 0.25) is 6.41 Å². The van der Waals surface area contributed by atoms with Crippen LogP contribution in [0.4, 0.5) is 8.78 Å². The maximum atomic E-state index is 13.1. The molecule has 0 saturated heterocycles. The van der Waals surface area contributed by atoms with Crippen LogP contribution in [0.2, 0.25) is 0 Å². The minimum absolute atomic E-state index is 0.0583. The van der Waals surface area contributed by atoms with Gasteiger partial charge in [0.05, 0.1) is 0 Å². The van der Waals surface area contributed by atoms with E-state index < -0.39 is 23.2 Å². The van der Waals surface area contributed by atoms with Gasteiger partial charge >= 0.3 is 5.97 Å². The molecule has 4 nitrogen and oxygen atoms in total. The monoisotopic (exact) mass is 215 g/mol. The van der Waals surface area contributed by atoms with Gasteiger partial charge in [0.1, 0.15) is 17.2 Å². The number of carbonyl (C=O) groups excluding carboxylic acids is 1. The molecule has 1 amide bonds. The maximum absolute atomic E-state index is 13.1. The predicted octanol–water partition coefficient (Wildman–Crippen LogP) is 0.909. The molecule has 1 rings (SSSR count). The van der Waals surface area contributed by atoms with Gasteiger partial charge < -0.3 is 10.4 Å². The van der Waals surface area contributed by atoms with E-state index in [9.17, 15) is 18.4 Å². The van der Waals surface area contributed by atoms with Crippen LogP contribution in [0.15, 0.2) is 12.1 Å². The topological polar surface area (TPSA) is 66.4 Å². The van der Waals surface area contributed by atoms with Crippen LogP contribution in [0, 0.1) is 11.6 Å². The zero-order valence-corrected chi connectivity index (χ0v) is 7.46. The van der Waals surface area contributed by atoms with Crippen LogP contribution >= 0.6 is 0 Å². The molecule has 0 bridgehead atoms. The zero-order valence-electron chi connectivity index (χ0n) is 7.46. The van der Waals surface area contributed by atoms with E-state index in [1.807, 2.05) is 0 Å². The van der Waals surface area contributed by atoms with Gasteiger partial charge in [0.15, 0.2) is 0 Å². The molecule has 0 atom stereocenters. The number of carboxylic acid groups (broad SMARTS) is 1. The van der Waals surface area contributed by atoms with Gasteiger partial charge in [-0.1, -0.05) is 0 Å². The van der Waals surface area contributed by atoms with Crippen molar-refractivity contribution >= 4 is 12.4 Å². The third-order valence-electron chi connectivity index (χ3n) is 1.71. The van der Waals surface area contributed by atoms with Gasteiger partial charge in [-0.05, 0) is 17.7 Å². The summed E-state index contributed by atoms with van der Waals surface area (Å²) in [6.07, 6.45) is 0.376. The number of carboxylic acids is 1. The summed E-state index contributed by atoms with van der Waals surface area (Å²) in [5.74, 6) is -3.99. The number of hydrogen-bond acceptors (Lipinski definition) is 2. The van der Waals surface area contributed by atoms with Crippen molar-refractivity contribution in [2.75, 3.05) is 0 Å². The van der Waals surface area contributed by atoms with E-state index in [0.717, 1.165) is 12.1 Å². The highest BCUT2D eigenvalue weighted by atomic mass is 19.1. The first kappa shape index (κ1) is 11.1. The van der Waals surface area contributed by atoms with Crippen molar-refractivity contribution in [2.45, 2.75) is 6.54 Å². The number of halogens is 2. The van der Waals surface area contributed by atoms with Crippen LogP contribution in [0.3, 0.4) is 0 Å². The Balaban J connectivity index is 3.07. The highest BCUT2D eigenvalue weighted by Gasteiger charge is 2.17. The number of hydrogen-bond donors (Lipinski definition) is 2. The van der Waals surface area contributed by atoms with Crippen LogP contribution < -0.4 is 5.32 Å². The summed E-state index contributed by atoms with van der Waals surface area (Å²) in [6, 6.07) is 1.73. The molecule has 0 aromatic heterocycles. The molecule has 2 N–H and O–H groups in total. The van der Waals surface area contributed by atoms with Crippen molar-refractivity contribution in [3.63, 3.8) is 0 Å². The molecule has 0 spiro atoms. The Labute approximate surface area is 83.5 Å². The molecule has 0 heterocycles. The van der Waals surface area contributed by atoms with Crippen molar-refractivity contribution in [2.24, 2.45) is 0 Å². The summed E-state index contributed by atoms with van der Waals surface area (Å²) >= 11 is 0. The second-order valence-electron chi connectivity index (χ2n) is 2.74. The molecule has 15 heavy (non-hydrogen) atoms. The van der Waals surface area contributed by atoms with Gasteiger partial charge in [-0.15, -0.1) is 0 Å². The number of amides is 1. The fourth-order valence-corrected chi connectivity index (χ4v) is 1.09. The second-order valence-corrected chi connectivity index (χ2v) is 2.74. The number of nitrogens with one attached hydrogen (secondary N) is 1. The van der Waals surface area contributed by atoms with Crippen LogP contribution in [0.1, 0.15) is 15.9 Å². The van der Waals surface area contributed by atoms with Crippen LogP contribution in [-0.4, -0.2) is 17.5 Å². The first-order valence-electron chi connectivity index (χ1n) is 3.94. The number of aromatic carboxylic acids is 1. The average Bonchev–Trinajstić information content (AvgIpc) is 2.12. The summed E-state index contributed by atoms with van der Waals surface area (Å²) in [5, 5.41) is 10.7. The molecule has 0 aliphatic heterocycles. The summed E-state index contributed by atoms with van der Waals surface area (Å²) in [4.78, 5) is 20.3. The van der Waals surface area contributed by atoms with E-state index in [1.165, 1.54) is 0 Å². The molecule has 0 unspecified atom stereocenters. The summed E-state index contributed by atoms with van der Waals surface area (Å²) in [7, 11) is 0. The van der Waals surface area contributed by atoms with E-state index in [1.54, 1.807) is 0 Å². The van der Waals surface area contributed by atoms with E-state index in [0.29, 0.717) is 6.41 Å². The van der Waals surface area contributed by atoms with Crippen molar-refractivity contribution in [3.05, 3.63) is 34.9 Å². The van der Waals surface area contributed by atoms with E-state index in [4.69, 9.17) is 5.11 Å². The largest absolute Gasteiger partial charge is 0.477 e. The van der Waals surface area contributed by atoms with E-state index >= 15 is 0 Å². The van der Waals surface area contributed by atoms with Crippen LogP contribution in [-0.2, 0) is 11.3 Å². The Morgan fingerprint density at radius 3 is 2.33 bits per heavy atom. The number of rotatable bonds is 4. The number of carbonyl (C=O) groups is 2. The van der Waals surface area contributed by atoms with E-state index in [2.05, 4.69) is 5.32 Å². The highest BCUT2D eigenvalue weighted by molar-refractivity contribution is 5.88. The summed E-state index contributed by atoms with van der Waals surface area (Å²) in [6.45, 7) is -0.0583. The molecule has 0 saturated carbocycles. The molecule has 0 radical (unpaired) electrons. The molecular weight excluding hydrogens is 208 g/mol. The van der Waals surface area contributed by atoms with Crippen LogP contribution in [0.25, 0.3) is 0 Å². The van der Waals surface area contributed by atoms with Crippen molar-refractivity contribution in [1.29, 1.82) is 0 Å². The van der Waals surface area contributed by atoms with E-state index in [-0.39, 0.29) is 12.1 Å². The normalized spacial score (nSPS) is 9.73. The summed E-state index contributed by atoms with van der Waals surface area (Å²) in [5.41, 5.74) is -0.841. The third kappa shape index (κ3) is 2.49. The van der Waals surface area contributed by atoms with Crippen molar-refractivity contribution in [3.8, 4) is 0 Å². The number of benzene rings is 1. The third-order valence-corrected chi connectivity index (χ3v) is 1.71. The van der Waals surface area contributed by atoms with Crippen molar-refractivity contribution in [1.82, 2.24) is 5.32 Å². The Morgan fingerprint density at radius 2 is 1.93 bits per heavy atom. The minimum Gasteiger partial charge on any atom is -0.477 e. The van der Waals surface area contributed by atoms with Gasteiger partial charge in [-0.3, -0.25) is 4.79 Å². The fourth-order valence-electron chi connectivity index (χ4n) is 1.09. The SMILES string of the molecule is O=CNCc1cc(F)c(C(=O)O)c(F)c1. The Morgan fingerprint density at radius 1 is 1.40 bits per heavy atom. The lowest BCUT2D eigenvalue weighted by atomic mass is 10.1. The molecule has 1 aromatic carbocycles. The molecule has 6 heteroatoms. The molecule has 1 aromatic rings. The Bertz CT molecular complexity index is 383. The van der Waals surface area contributed by atoms with Gasteiger partial charge in [-0.25, -0.2) is 13.6 Å². The molecular formula is C9H7F2NO3. The molecule has 80 valence electrons. The molecule has 0 fully saturated rings. The second kappa shape index (κ2) is 4.50. The van der Waals surface area contributed by atoms with Gasteiger partial charge in [0, 0.05) is 6.54 Å². The maximum Gasteiger partial charge on any atom is 0.341 e. The quantitative estimate of drug-likeness (QED) is 0.733.